The average molecular weight is 226 g/mol. The molecular formula is C9H13BNO3S+. The molecular weight excluding hydrogens is 213 g/mol. The number of hydrogen-bond acceptors (Lipinski definition) is 4. The van der Waals surface area contributed by atoms with E-state index in [0.717, 1.165) is 5.69 Å². The van der Waals surface area contributed by atoms with E-state index in [4.69, 9.17) is 10.0 Å². The maximum atomic E-state index is 10.4. The Morgan fingerprint density at radius 1 is 1.40 bits per heavy atom. The molecule has 0 aliphatic carbocycles. The van der Waals surface area contributed by atoms with Gasteiger partial charge in [-0.3, -0.25) is 0 Å². The Labute approximate surface area is 93.0 Å². The normalized spacial score (nSPS) is 11.9. The molecule has 0 saturated carbocycles. The summed E-state index contributed by atoms with van der Waals surface area (Å²) in [6.45, 7) is 2.44. The first kappa shape index (κ1) is 12.1. The van der Waals surface area contributed by atoms with Crippen molar-refractivity contribution in [2.24, 2.45) is 0 Å². The quantitative estimate of drug-likeness (QED) is 0.471. The lowest BCUT2D eigenvalue weighted by Crippen LogP contribution is -2.29. The van der Waals surface area contributed by atoms with Crippen LogP contribution in [0.3, 0.4) is 0 Å². The lowest BCUT2D eigenvalue weighted by Gasteiger charge is -2.05. The molecule has 1 rings (SSSR count). The molecule has 0 saturated heterocycles. The predicted octanol–water partition coefficient (Wildman–Crippen LogP) is -0.405. The molecule has 0 bridgehead atoms. The molecule has 1 unspecified atom stereocenters. The third-order valence-corrected chi connectivity index (χ3v) is 2.46. The van der Waals surface area contributed by atoms with Crippen molar-refractivity contribution in [3.8, 4) is 0 Å². The lowest BCUT2D eigenvalue weighted by molar-refractivity contribution is 0.426. The van der Waals surface area contributed by atoms with E-state index in [1.807, 2.05) is 6.92 Å². The molecule has 1 aromatic carbocycles. The number of nitrogens with one attached hydrogen (secondary N) is 1. The molecule has 0 radical (unpaired) electrons. The van der Waals surface area contributed by atoms with Gasteiger partial charge >= 0.3 is 18.8 Å². The van der Waals surface area contributed by atoms with Gasteiger partial charge in [-0.2, -0.15) is 0 Å². The Bertz CT molecular complexity index is 318. The molecule has 0 aromatic heterocycles. The zero-order valence-corrected chi connectivity index (χ0v) is 9.20. The fourth-order valence-electron chi connectivity index (χ4n) is 1.07. The summed E-state index contributed by atoms with van der Waals surface area (Å²) in [7, 11) is -1.44. The van der Waals surface area contributed by atoms with Gasteiger partial charge in [0.15, 0.2) is 0 Å². The summed E-state index contributed by atoms with van der Waals surface area (Å²) in [5.74, 6) is 0. The van der Waals surface area contributed by atoms with E-state index in [0.29, 0.717) is 23.7 Å². The molecule has 1 atom stereocenters. The van der Waals surface area contributed by atoms with Crippen molar-refractivity contribution in [2.75, 3.05) is 11.9 Å². The molecule has 0 spiro atoms. The van der Waals surface area contributed by atoms with Crippen LogP contribution in [-0.4, -0.2) is 29.0 Å². The topological polar surface area (TPSA) is 69.6 Å². The van der Waals surface area contributed by atoms with Gasteiger partial charge in [0, 0.05) is 9.90 Å². The SMILES string of the molecule is CC(CNc1ccc(B(O)O)cc1)[S+]=O. The van der Waals surface area contributed by atoms with Gasteiger partial charge in [-0.05, 0) is 24.5 Å². The highest BCUT2D eigenvalue weighted by atomic mass is 32.1. The molecule has 1 aromatic rings. The van der Waals surface area contributed by atoms with E-state index in [1.165, 1.54) is 0 Å². The van der Waals surface area contributed by atoms with E-state index in [1.54, 1.807) is 24.3 Å². The van der Waals surface area contributed by atoms with Gasteiger partial charge in [-0.1, -0.05) is 12.1 Å². The van der Waals surface area contributed by atoms with Crippen LogP contribution in [0, 0.1) is 0 Å². The Hall–Kier alpha value is -0.975. The fourth-order valence-corrected chi connectivity index (χ4v) is 1.22. The van der Waals surface area contributed by atoms with Crippen LogP contribution in [0.2, 0.25) is 0 Å². The second-order valence-corrected chi connectivity index (χ2v) is 4.28. The van der Waals surface area contributed by atoms with E-state index in [-0.39, 0.29) is 5.25 Å². The van der Waals surface area contributed by atoms with Crippen LogP contribution in [0.5, 0.6) is 0 Å². The zero-order chi connectivity index (χ0) is 11.3. The Balaban J connectivity index is 2.53. The first-order valence-corrected chi connectivity index (χ1v) is 5.42. The van der Waals surface area contributed by atoms with Crippen molar-refractivity contribution in [1.29, 1.82) is 0 Å². The first-order valence-electron chi connectivity index (χ1n) is 4.62. The minimum atomic E-state index is -1.44. The Morgan fingerprint density at radius 3 is 2.47 bits per heavy atom. The van der Waals surface area contributed by atoms with Gasteiger partial charge in [0.2, 0.25) is 0 Å². The molecule has 3 N–H and O–H groups in total. The van der Waals surface area contributed by atoms with Gasteiger partial charge in [0.05, 0.1) is 6.54 Å². The molecule has 0 aliphatic rings. The van der Waals surface area contributed by atoms with Crippen LogP contribution in [-0.2, 0) is 15.9 Å². The second-order valence-electron chi connectivity index (χ2n) is 3.28. The lowest BCUT2D eigenvalue weighted by atomic mass is 9.80. The molecule has 6 heteroatoms. The van der Waals surface area contributed by atoms with Crippen molar-refractivity contribution < 1.29 is 14.3 Å². The van der Waals surface area contributed by atoms with E-state index < -0.39 is 7.12 Å². The van der Waals surface area contributed by atoms with Gasteiger partial charge in [0.1, 0.15) is 0 Å². The zero-order valence-electron chi connectivity index (χ0n) is 8.38. The first-order chi connectivity index (χ1) is 7.13. The van der Waals surface area contributed by atoms with Crippen LogP contribution < -0.4 is 10.8 Å². The fraction of sp³-hybridized carbons (Fsp3) is 0.333. The van der Waals surface area contributed by atoms with Gasteiger partial charge in [-0.15, -0.1) is 0 Å². The second kappa shape index (κ2) is 5.80. The number of anilines is 1. The minimum Gasteiger partial charge on any atom is -0.423 e. The molecule has 0 aliphatic heterocycles. The summed E-state index contributed by atoms with van der Waals surface area (Å²) in [5.41, 5.74) is 1.31. The third-order valence-electron chi connectivity index (χ3n) is 1.97. The van der Waals surface area contributed by atoms with E-state index in [9.17, 15) is 4.21 Å². The molecule has 15 heavy (non-hydrogen) atoms. The summed E-state index contributed by atoms with van der Waals surface area (Å²) < 4.78 is 10.4. The van der Waals surface area contributed by atoms with Crippen molar-refractivity contribution in [3.63, 3.8) is 0 Å². The Morgan fingerprint density at radius 2 is 2.00 bits per heavy atom. The average Bonchev–Trinajstić information content (AvgIpc) is 2.26. The number of benzene rings is 1. The largest absolute Gasteiger partial charge is 0.488 e. The van der Waals surface area contributed by atoms with Crippen LogP contribution in [0.15, 0.2) is 24.3 Å². The van der Waals surface area contributed by atoms with Crippen molar-refractivity contribution in [2.45, 2.75) is 12.2 Å². The highest BCUT2D eigenvalue weighted by Crippen LogP contribution is 2.04. The molecule has 0 fully saturated rings. The van der Waals surface area contributed by atoms with Crippen LogP contribution >= 0.6 is 0 Å². The van der Waals surface area contributed by atoms with Gasteiger partial charge < -0.3 is 15.4 Å². The minimum absolute atomic E-state index is 0.00751. The molecule has 4 nitrogen and oxygen atoms in total. The maximum Gasteiger partial charge on any atom is 0.488 e. The number of rotatable bonds is 5. The van der Waals surface area contributed by atoms with E-state index >= 15 is 0 Å². The standard InChI is InChI=1S/C9H13BNO3S/c1-7(15-14)6-11-9-4-2-8(3-5-9)10(12)13/h2-5,7,11-13H,6H2,1H3/q+1. The van der Waals surface area contributed by atoms with Crippen LogP contribution in [0.25, 0.3) is 0 Å². The summed E-state index contributed by atoms with van der Waals surface area (Å²) in [6.07, 6.45) is 0. The van der Waals surface area contributed by atoms with Crippen LogP contribution in [0.1, 0.15) is 6.92 Å². The van der Waals surface area contributed by atoms with Crippen molar-refractivity contribution in [3.05, 3.63) is 24.3 Å². The predicted molar refractivity (Wildman–Crippen MR) is 62.3 cm³/mol. The molecule has 80 valence electrons. The monoisotopic (exact) mass is 226 g/mol. The van der Waals surface area contributed by atoms with E-state index in [2.05, 4.69) is 5.32 Å². The van der Waals surface area contributed by atoms with Crippen molar-refractivity contribution in [1.82, 2.24) is 0 Å². The van der Waals surface area contributed by atoms with Crippen LogP contribution in [0.4, 0.5) is 5.69 Å². The molecule has 0 amide bonds. The summed E-state index contributed by atoms with van der Waals surface area (Å²) in [5, 5.41) is 20.8. The van der Waals surface area contributed by atoms with Gasteiger partial charge in [-0.25, -0.2) is 0 Å². The van der Waals surface area contributed by atoms with Gasteiger partial charge in [0.25, 0.3) is 5.25 Å². The summed E-state index contributed by atoms with van der Waals surface area (Å²) in [4.78, 5) is 0. The highest BCUT2D eigenvalue weighted by Gasteiger charge is 2.13. The molecule has 0 heterocycles. The summed E-state index contributed by atoms with van der Waals surface area (Å²) in [6, 6.07) is 6.75. The maximum absolute atomic E-state index is 10.4. The summed E-state index contributed by atoms with van der Waals surface area (Å²) >= 11 is 0.560. The highest BCUT2D eigenvalue weighted by molar-refractivity contribution is 7.66. The van der Waals surface area contributed by atoms with Crippen molar-refractivity contribution >= 4 is 29.9 Å². The Kier molecular flexibility index (Phi) is 4.67. The third kappa shape index (κ3) is 3.95. The smallest absolute Gasteiger partial charge is 0.423 e. The number of hydrogen-bond donors (Lipinski definition) is 3.